The van der Waals surface area contributed by atoms with E-state index in [0.717, 1.165) is 27.3 Å². The fourth-order valence-corrected chi connectivity index (χ4v) is 4.52. The fourth-order valence-electron chi connectivity index (χ4n) is 3.35. The Morgan fingerprint density at radius 3 is 2.10 bits per heavy atom. The number of carbonyl (C=O) groups excluding carboxylic acids is 1. The minimum absolute atomic E-state index is 0.231. The molecule has 1 amide bonds. The summed E-state index contributed by atoms with van der Waals surface area (Å²) in [5.74, 6) is 0.321. The van der Waals surface area contributed by atoms with Crippen molar-refractivity contribution in [3.63, 3.8) is 0 Å². The monoisotopic (exact) mass is 420 g/mol. The van der Waals surface area contributed by atoms with Gasteiger partial charge in [0.1, 0.15) is 17.5 Å². The van der Waals surface area contributed by atoms with E-state index in [2.05, 4.69) is 5.32 Å². The molecule has 0 fully saturated rings. The maximum atomic E-state index is 13.0. The van der Waals surface area contributed by atoms with E-state index in [1.165, 1.54) is 27.2 Å². The molecular weight excluding hydrogens is 392 g/mol. The lowest BCUT2D eigenvalue weighted by molar-refractivity contribution is -0.116. The zero-order valence-corrected chi connectivity index (χ0v) is 18.7. The lowest BCUT2D eigenvalue weighted by Gasteiger charge is -2.30. The van der Waals surface area contributed by atoms with Gasteiger partial charge in [-0.25, -0.2) is 8.42 Å². The third-order valence-corrected chi connectivity index (χ3v) is 5.86. The molecule has 2 rings (SSSR count). The van der Waals surface area contributed by atoms with Gasteiger partial charge in [0.2, 0.25) is 15.9 Å². The predicted octanol–water partition coefficient (Wildman–Crippen LogP) is 3.42. The van der Waals surface area contributed by atoms with Crippen LogP contribution >= 0.6 is 0 Å². The highest BCUT2D eigenvalue weighted by molar-refractivity contribution is 7.92. The molecule has 29 heavy (non-hydrogen) atoms. The molecule has 0 aliphatic carbocycles. The molecule has 0 bridgehead atoms. The molecule has 0 aliphatic heterocycles. The van der Waals surface area contributed by atoms with Crippen LogP contribution in [0, 0.1) is 20.8 Å². The normalized spacial score (nSPS) is 12.2. The molecule has 0 saturated carbocycles. The van der Waals surface area contributed by atoms with E-state index < -0.39 is 22.0 Å². The number of ether oxygens (including phenoxy) is 2. The SMILES string of the molecule is COc1ccc(OC)c(N(C(C)C(=O)Nc2c(C)cc(C)cc2C)S(C)(=O)=O)c1. The van der Waals surface area contributed by atoms with Gasteiger partial charge in [-0.05, 0) is 51.0 Å². The number of benzene rings is 2. The second-order valence-electron chi connectivity index (χ2n) is 7.04. The van der Waals surface area contributed by atoms with Crippen molar-refractivity contribution in [3.05, 3.63) is 47.0 Å². The van der Waals surface area contributed by atoms with Gasteiger partial charge in [-0.2, -0.15) is 0 Å². The molecule has 0 spiro atoms. The van der Waals surface area contributed by atoms with Crippen molar-refractivity contribution >= 4 is 27.3 Å². The molecular formula is C21H28N2O5S. The Morgan fingerprint density at radius 1 is 1.03 bits per heavy atom. The van der Waals surface area contributed by atoms with Gasteiger partial charge < -0.3 is 14.8 Å². The zero-order chi connectivity index (χ0) is 21.9. The Hall–Kier alpha value is -2.74. The lowest BCUT2D eigenvalue weighted by atomic mass is 10.0. The summed E-state index contributed by atoms with van der Waals surface area (Å²) in [5, 5.41) is 2.88. The first kappa shape index (κ1) is 22.5. The van der Waals surface area contributed by atoms with Gasteiger partial charge in [-0.15, -0.1) is 0 Å². The summed E-state index contributed by atoms with van der Waals surface area (Å²) in [4.78, 5) is 13.0. The van der Waals surface area contributed by atoms with E-state index >= 15 is 0 Å². The quantitative estimate of drug-likeness (QED) is 0.742. The van der Waals surface area contributed by atoms with Crippen molar-refractivity contribution in [2.24, 2.45) is 0 Å². The number of amides is 1. The standard InChI is InChI=1S/C21H28N2O5S/c1-13-10-14(2)20(15(3)11-13)22-21(24)16(4)23(29(7,25)26)18-12-17(27-5)8-9-19(18)28-6/h8-12,16H,1-7H3,(H,22,24). The van der Waals surface area contributed by atoms with Gasteiger partial charge in [0.25, 0.3) is 0 Å². The molecule has 0 aliphatic rings. The third-order valence-electron chi connectivity index (χ3n) is 4.64. The number of anilines is 2. The summed E-state index contributed by atoms with van der Waals surface area (Å²) >= 11 is 0. The maximum absolute atomic E-state index is 13.0. The molecule has 2 aromatic carbocycles. The molecule has 1 unspecified atom stereocenters. The van der Waals surface area contributed by atoms with Crippen LogP contribution in [0.15, 0.2) is 30.3 Å². The number of methoxy groups -OCH3 is 2. The summed E-state index contributed by atoms with van der Waals surface area (Å²) in [6.45, 7) is 7.32. The molecule has 7 nitrogen and oxygen atoms in total. The van der Waals surface area contributed by atoms with Gasteiger partial charge in [0.15, 0.2) is 0 Å². The van der Waals surface area contributed by atoms with E-state index in [9.17, 15) is 13.2 Å². The number of carbonyl (C=O) groups is 1. The first-order valence-electron chi connectivity index (χ1n) is 9.09. The number of hydrogen-bond donors (Lipinski definition) is 1. The third kappa shape index (κ3) is 5.00. The maximum Gasteiger partial charge on any atom is 0.248 e. The van der Waals surface area contributed by atoms with Crippen LogP contribution in [0.25, 0.3) is 0 Å². The molecule has 158 valence electrons. The Labute approximate surface area is 172 Å². The first-order chi connectivity index (χ1) is 13.5. The molecule has 8 heteroatoms. The number of hydrogen-bond acceptors (Lipinski definition) is 5. The van der Waals surface area contributed by atoms with Crippen molar-refractivity contribution in [1.82, 2.24) is 0 Å². The van der Waals surface area contributed by atoms with E-state index in [4.69, 9.17) is 9.47 Å². The molecule has 2 aromatic rings. The molecule has 1 N–H and O–H groups in total. The Morgan fingerprint density at radius 2 is 1.62 bits per heavy atom. The highest BCUT2D eigenvalue weighted by atomic mass is 32.2. The second kappa shape index (κ2) is 8.73. The Balaban J connectivity index is 2.48. The molecule has 1 atom stereocenters. The fraction of sp³-hybridized carbons (Fsp3) is 0.381. The van der Waals surface area contributed by atoms with Gasteiger partial charge in [-0.3, -0.25) is 9.10 Å². The van der Waals surface area contributed by atoms with Gasteiger partial charge in [0.05, 0.1) is 26.2 Å². The van der Waals surface area contributed by atoms with E-state index in [1.54, 1.807) is 12.1 Å². The number of nitrogens with zero attached hydrogens (tertiary/aromatic N) is 1. The van der Waals surface area contributed by atoms with Crippen molar-refractivity contribution in [2.75, 3.05) is 30.1 Å². The number of rotatable bonds is 7. The summed E-state index contributed by atoms with van der Waals surface area (Å²) in [6.07, 6.45) is 1.05. The van der Waals surface area contributed by atoms with Gasteiger partial charge in [0, 0.05) is 11.8 Å². The van der Waals surface area contributed by atoms with Crippen LogP contribution in [-0.4, -0.2) is 40.8 Å². The highest BCUT2D eigenvalue weighted by Gasteiger charge is 2.32. The van der Waals surface area contributed by atoms with Crippen molar-refractivity contribution in [2.45, 2.75) is 33.7 Å². The van der Waals surface area contributed by atoms with Crippen LogP contribution in [0.3, 0.4) is 0 Å². The Kier molecular flexibility index (Phi) is 6.79. The van der Waals surface area contributed by atoms with Gasteiger partial charge in [-0.1, -0.05) is 17.7 Å². The summed E-state index contributed by atoms with van der Waals surface area (Å²) in [7, 11) is -0.880. The van der Waals surface area contributed by atoms with E-state index in [0.29, 0.717) is 17.2 Å². The second-order valence-corrected chi connectivity index (χ2v) is 8.89. The topological polar surface area (TPSA) is 84.9 Å². The lowest BCUT2D eigenvalue weighted by Crippen LogP contribution is -2.45. The average molecular weight is 421 g/mol. The van der Waals surface area contributed by atoms with Crippen LogP contribution in [0.1, 0.15) is 23.6 Å². The summed E-state index contributed by atoms with van der Waals surface area (Å²) in [6, 6.07) is 7.70. The highest BCUT2D eigenvalue weighted by Crippen LogP contribution is 2.35. The van der Waals surface area contributed by atoms with Crippen LogP contribution in [0.5, 0.6) is 11.5 Å². The first-order valence-corrected chi connectivity index (χ1v) is 10.9. The van der Waals surface area contributed by atoms with Crippen LogP contribution in [-0.2, 0) is 14.8 Å². The minimum Gasteiger partial charge on any atom is -0.497 e. The predicted molar refractivity (Wildman–Crippen MR) is 116 cm³/mol. The summed E-state index contributed by atoms with van der Waals surface area (Å²) < 4.78 is 36.8. The van der Waals surface area contributed by atoms with Crippen LogP contribution < -0.4 is 19.1 Å². The van der Waals surface area contributed by atoms with Crippen molar-refractivity contribution in [1.29, 1.82) is 0 Å². The largest absolute Gasteiger partial charge is 0.497 e. The van der Waals surface area contributed by atoms with E-state index in [-0.39, 0.29) is 5.69 Å². The smallest absolute Gasteiger partial charge is 0.248 e. The average Bonchev–Trinajstić information content (AvgIpc) is 2.63. The number of sulfonamides is 1. The molecule has 0 radical (unpaired) electrons. The van der Waals surface area contributed by atoms with Gasteiger partial charge >= 0.3 is 0 Å². The van der Waals surface area contributed by atoms with Crippen molar-refractivity contribution in [3.8, 4) is 11.5 Å². The number of aryl methyl sites for hydroxylation is 3. The van der Waals surface area contributed by atoms with Crippen molar-refractivity contribution < 1.29 is 22.7 Å². The van der Waals surface area contributed by atoms with E-state index in [1.807, 2.05) is 32.9 Å². The summed E-state index contributed by atoms with van der Waals surface area (Å²) in [5.41, 5.74) is 3.82. The molecule has 0 heterocycles. The van der Waals surface area contributed by atoms with Crippen LogP contribution in [0.2, 0.25) is 0 Å². The minimum atomic E-state index is -3.80. The molecule has 0 saturated heterocycles. The zero-order valence-electron chi connectivity index (χ0n) is 17.9. The Bertz CT molecular complexity index is 995. The number of nitrogens with one attached hydrogen (secondary N) is 1. The molecule has 0 aromatic heterocycles. The van der Waals surface area contributed by atoms with Crippen LogP contribution in [0.4, 0.5) is 11.4 Å².